The number of carbonyl (C=O) groups is 1. The van der Waals surface area contributed by atoms with Crippen LogP contribution in [0, 0.1) is 5.82 Å². The summed E-state index contributed by atoms with van der Waals surface area (Å²) in [5.41, 5.74) is -2.32. The number of rotatable bonds is 5. The number of nitrogens with zero attached hydrogens (tertiary/aromatic N) is 6. The number of benzene rings is 1. The van der Waals surface area contributed by atoms with Crippen LogP contribution in [0.1, 0.15) is 16.1 Å². The predicted molar refractivity (Wildman–Crippen MR) is 107 cm³/mol. The van der Waals surface area contributed by atoms with Crippen LogP contribution in [-0.2, 0) is 6.18 Å². The predicted octanol–water partition coefficient (Wildman–Crippen LogP) is 3.92. The van der Waals surface area contributed by atoms with Crippen LogP contribution in [0.5, 0.6) is 5.75 Å². The third-order valence-corrected chi connectivity index (χ3v) is 4.62. The SMILES string of the molecule is COc1cc(F)ccc1-n1ncc(C(=O)Nc2cnc(-n3nccn3)c(Cl)c2)c1C(F)(F)F. The highest BCUT2D eigenvalue weighted by Crippen LogP contribution is 2.36. The molecule has 14 heteroatoms. The summed E-state index contributed by atoms with van der Waals surface area (Å²) in [5.74, 6) is -1.87. The van der Waals surface area contributed by atoms with E-state index >= 15 is 0 Å². The zero-order valence-corrected chi connectivity index (χ0v) is 17.3. The van der Waals surface area contributed by atoms with E-state index in [1.807, 2.05) is 0 Å². The molecule has 0 aliphatic heterocycles. The molecule has 0 aliphatic carbocycles. The van der Waals surface area contributed by atoms with Gasteiger partial charge in [0.15, 0.2) is 11.5 Å². The number of halogens is 5. The molecule has 1 aromatic carbocycles. The van der Waals surface area contributed by atoms with E-state index in [0.29, 0.717) is 4.68 Å². The van der Waals surface area contributed by atoms with Crippen LogP contribution in [-0.4, -0.2) is 42.8 Å². The molecule has 9 nitrogen and oxygen atoms in total. The summed E-state index contributed by atoms with van der Waals surface area (Å²) in [6.07, 6.45) is -0.241. The van der Waals surface area contributed by atoms with Gasteiger partial charge in [0.1, 0.15) is 17.3 Å². The van der Waals surface area contributed by atoms with Crippen molar-refractivity contribution in [2.45, 2.75) is 6.18 Å². The summed E-state index contributed by atoms with van der Waals surface area (Å²) in [7, 11) is 1.17. The topological polar surface area (TPSA) is 99.8 Å². The molecule has 1 N–H and O–H groups in total. The molecular formula is C19H12ClF4N7O2. The van der Waals surface area contributed by atoms with E-state index in [1.165, 1.54) is 31.8 Å². The number of nitrogens with one attached hydrogen (secondary N) is 1. The van der Waals surface area contributed by atoms with Gasteiger partial charge in [-0.25, -0.2) is 14.1 Å². The molecule has 0 saturated carbocycles. The number of aromatic nitrogens is 6. The lowest BCUT2D eigenvalue weighted by Crippen LogP contribution is -2.21. The summed E-state index contributed by atoms with van der Waals surface area (Å²) in [6, 6.07) is 4.19. The molecule has 0 saturated heterocycles. The van der Waals surface area contributed by atoms with E-state index in [-0.39, 0.29) is 28.0 Å². The zero-order valence-electron chi connectivity index (χ0n) is 16.5. The van der Waals surface area contributed by atoms with Crippen molar-refractivity contribution in [1.29, 1.82) is 0 Å². The number of methoxy groups -OCH3 is 1. The fourth-order valence-corrected chi connectivity index (χ4v) is 3.21. The van der Waals surface area contributed by atoms with Gasteiger partial charge in [0.2, 0.25) is 0 Å². The first-order valence-electron chi connectivity index (χ1n) is 9.01. The number of alkyl halides is 3. The van der Waals surface area contributed by atoms with E-state index in [1.54, 1.807) is 0 Å². The smallest absolute Gasteiger partial charge is 0.434 e. The zero-order chi connectivity index (χ0) is 23.8. The standard InChI is InChI=1S/C19H12ClF4N7O2/c1-33-15-6-10(21)2-3-14(15)30-16(19(22,23)24)12(9-28-30)18(32)29-11-7-13(20)17(25-8-11)31-26-4-5-27-31/h2-9H,1H3,(H,29,32). The summed E-state index contributed by atoms with van der Waals surface area (Å²) in [6.45, 7) is 0. The van der Waals surface area contributed by atoms with Crippen LogP contribution < -0.4 is 10.1 Å². The third-order valence-electron chi connectivity index (χ3n) is 4.34. The Balaban J connectivity index is 1.70. The lowest BCUT2D eigenvalue weighted by Gasteiger charge is -2.15. The van der Waals surface area contributed by atoms with Crippen molar-refractivity contribution in [2.75, 3.05) is 12.4 Å². The number of anilines is 1. The van der Waals surface area contributed by atoms with Gasteiger partial charge in [0.05, 0.1) is 48.2 Å². The number of amides is 1. The molecule has 1 amide bonds. The second-order valence-corrected chi connectivity index (χ2v) is 6.84. The van der Waals surface area contributed by atoms with Crippen molar-refractivity contribution >= 4 is 23.2 Å². The minimum atomic E-state index is -4.98. The molecule has 0 bridgehead atoms. The average Bonchev–Trinajstić information content (AvgIpc) is 3.43. The quantitative estimate of drug-likeness (QED) is 0.434. The van der Waals surface area contributed by atoms with Gasteiger partial charge in [-0.1, -0.05) is 11.6 Å². The van der Waals surface area contributed by atoms with Crippen molar-refractivity contribution in [3.05, 3.63) is 71.2 Å². The Morgan fingerprint density at radius 3 is 2.48 bits per heavy atom. The molecule has 4 aromatic rings. The average molecular weight is 482 g/mol. The first kappa shape index (κ1) is 22.2. The first-order chi connectivity index (χ1) is 15.7. The van der Waals surface area contributed by atoms with Gasteiger partial charge in [0.25, 0.3) is 5.91 Å². The van der Waals surface area contributed by atoms with Crippen LogP contribution in [0.25, 0.3) is 11.5 Å². The van der Waals surface area contributed by atoms with Crippen LogP contribution in [0.2, 0.25) is 5.02 Å². The maximum Gasteiger partial charge on any atom is 0.434 e. The Morgan fingerprint density at radius 1 is 1.12 bits per heavy atom. The van der Waals surface area contributed by atoms with Crippen LogP contribution in [0.4, 0.5) is 23.2 Å². The van der Waals surface area contributed by atoms with Crippen molar-refractivity contribution in [1.82, 2.24) is 29.8 Å². The number of carbonyl (C=O) groups excluding carboxylic acids is 1. The molecule has 0 atom stereocenters. The van der Waals surface area contributed by atoms with Gasteiger partial charge < -0.3 is 10.1 Å². The van der Waals surface area contributed by atoms with Crippen molar-refractivity contribution in [3.63, 3.8) is 0 Å². The Hall–Kier alpha value is -4.00. The molecule has 3 heterocycles. The van der Waals surface area contributed by atoms with Crippen LogP contribution >= 0.6 is 11.6 Å². The molecule has 33 heavy (non-hydrogen) atoms. The van der Waals surface area contributed by atoms with Crippen molar-refractivity contribution < 1.29 is 27.1 Å². The molecule has 0 unspecified atom stereocenters. The minimum Gasteiger partial charge on any atom is -0.494 e. The van der Waals surface area contributed by atoms with Crippen molar-refractivity contribution in [3.8, 4) is 17.3 Å². The normalized spacial score (nSPS) is 11.5. The highest BCUT2D eigenvalue weighted by Gasteiger charge is 2.41. The summed E-state index contributed by atoms with van der Waals surface area (Å²) < 4.78 is 60.6. The fourth-order valence-electron chi connectivity index (χ4n) is 2.97. The van der Waals surface area contributed by atoms with Gasteiger partial charge in [0, 0.05) is 6.07 Å². The van der Waals surface area contributed by atoms with Crippen LogP contribution in [0.3, 0.4) is 0 Å². The highest BCUT2D eigenvalue weighted by atomic mass is 35.5. The van der Waals surface area contributed by atoms with Crippen molar-refractivity contribution in [2.24, 2.45) is 0 Å². The van der Waals surface area contributed by atoms with Gasteiger partial charge >= 0.3 is 6.18 Å². The van der Waals surface area contributed by atoms with Gasteiger partial charge in [-0.3, -0.25) is 4.79 Å². The second kappa shape index (κ2) is 8.50. The Kier molecular flexibility index (Phi) is 5.72. The van der Waals surface area contributed by atoms with E-state index in [2.05, 4.69) is 25.6 Å². The Morgan fingerprint density at radius 2 is 1.85 bits per heavy atom. The highest BCUT2D eigenvalue weighted by molar-refractivity contribution is 6.32. The van der Waals surface area contributed by atoms with E-state index < -0.39 is 29.2 Å². The number of ether oxygens (including phenoxy) is 1. The fraction of sp³-hybridized carbons (Fsp3) is 0.105. The Bertz CT molecular complexity index is 1320. The Labute approximate surface area is 187 Å². The lowest BCUT2D eigenvalue weighted by molar-refractivity contribution is -0.143. The summed E-state index contributed by atoms with van der Waals surface area (Å²) in [4.78, 5) is 17.9. The first-order valence-corrected chi connectivity index (χ1v) is 9.39. The monoisotopic (exact) mass is 481 g/mol. The van der Waals surface area contributed by atoms with E-state index in [4.69, 9.17) is 16.3 Å². The van der Waals surface area contributed by atoms with Gasteiger partial charge in [-0.05, 0) is 18.2 Å². The molecule has 0 radical (unpaired) electrons. The molecule has 170 valence electrons. The largest absolute Gasteiger partial charge is 0.494 e. The molecule has 0 aliphatic rings. The number of hydrogen-bond acceptors (Lipinski definition) is 6. The number of pyridine rings is 1. The molecule has 0 fully saturated rings. The van der Waals surface area contributed by atoms with E-state index in [9.17, 15) is 22.4 Å². The number of hydrogen-bond donors (Lipinski definition) is 1. The van der Waals surface area contributed by atoms with Crippen LogP contribution in [0.15, 0.2) is 49.1 Å². The van der Waals surface area contributed by atoms with E-state index in [0.717, 1.165) is 29.2 Å². The second-order valence-electron chi connectivity index (χ2n) is 6.43. The molecule has 4 rings (SSSR count). The van der Waals surface area contributed by atoms with Gasteiger partial charge in [-0.2, -0.15) is 28.5 Å². The molecular weight excluding hydrogens is 470 g/mol. The summed E-state index contributed by atoms with van der Waals surface area (Å²) in [5, 5.41) is 13.8. The lowest BCUT2D eigenvalue weighted by atomic mass is 10.2. The maximum atomic E-state index is 13.9. The molecule has 0 spiro atoms. The van der Waals surface area contributed by atoms with Gasteiger partial charge in [-0.15, -0.1) is 4.80 Å². The summed E-state index contributed by atoms with van der Waals surface area (Å²) >= 11 is 6.13. The third kappa shape index (κ3) is 4.35. The minimum absolute atomic E-state index is 0.0288. The molecule has 3 aromatic heterocycles. The maximum absolute atomic E-state index is 13.9.